The Kier molecular flexibility index (Phi) is 13.7. The van der Waals surface area contributed by atoms with Crippen LogP contribution >= 0.6 is 24.8 Å². The van der Waals surface area contributed by atoms with Crippen molar-refractivity contribution in [1.82, 2.24) is 10.3 Å². The van der Waals surface area contributed by atoms with Gasteiger partial charge in [0.05, 0.1) is 0 Å². The third kappa shape index (κ3) is 9.69. The first-order valence-corrected chi connectivity index (χ1v) is 8.96. The zero-order chi connectivity index (χ0) is 18.6. The van der Waals surface area contributed by atoms with E-state index in [-0.39, 0.29) is 36.6 Å². The lowest BCUT2D eigenvalue weighted by atomic mass is 10.1. The maximum absolute atomic E-state index is 12.2. The number of benzene rings is 1. The maximum atomic E-state index is 12.2. The fourth-order valence-electron chi connectivity index (χ4n) is 2.48. The molecule has 0 unspecified atom stereocenters. The normalized spacial score (nSPS) is 9.61. The molecule has 0 saturated heterocycles. The van der Waals surface area contributed by atoms with Gasteiger partial charge in [0.2, 0.25) is 5.91 Å². The van der Waals surface area contributed by atoms with E-state index in [2.05, 4.69) is 15.6 Å². The summed E-state index contributed by atoms with van der Waals surface area (Å²) in [6.45, 7) is 1.18. The van der Waals surface area contributed by atoms with Crippen molar-refractivity contribution >= 4 is 42.3 Å². The van der Waals surface area contributed by atoms with Crippen molar-refractivity contribution in [2.75, 3.05) is 11.9 Å². The molecule has 1 aromatic carbocycles. The average Bonchev–Trinajstić information content (AvgIpc) is 2.67. The first-order chi connectivity index (χ1) is 12.7. The lowest BCUT2D eigenvalue weighted by molar-refractivity contribution is -0.121. The molecule has 0 spiro atoms. The Morgan fingerprint density at radius 2 is 1.54 bits per heavy atom. The van der Waals surface area contributed by atoms with Crippen LogP contribution in [-0.4, -0.2) is 23.3 Å². The van der Waals surface area contributed by atoms with Gasteiger partial charge in [-0.1, -0.05) is 25.0 Å². The highest BCUT2D eigenvalue weighted by atomic mass is 35.5. The molecular weight excluding hydrogens is 399 g/mol. The zero-order valence-corrected chi connectivity index (χ0v) is 17.4. The van der Waals surface area contributed by atoms with Crippen molar-refractivity contribution in [3.63, 3.8) is 0 Å². The first kappa shape index (κ1) is 25.9. The minimum absolute atomic E-state index is 0. The largest absolute Gasteiger partial charge is 0.352 e. The average molecular weight is 427 g/mol. The van der Waals surface area contributed by atoms with Gasteiger partial charge in [0.15, 0.2) is 0 Å². The molecule has 2 rings (SSSR count). The molecule has 1 heterocycles. The van der Waals surface area contributed by atoms with Crippen LogP contribution in [-0.2, 0) is 11.3 Å². The van der Waals surface area contributed by atoms with Crippen LogP contribution in [0.3, 0.4) is 0 Å². The molecule has 0 aliphatic heterocycles. The summed E-state index contributed by atoms with van der Waals surface area (Å²) in [6, 6.07) is 10.7. The number of pyridine rings is 1. The number of unbranched alkanes of at least 4 members (excludes halogenated alkanes) is 3. The third-order valence-corrected chi connectivity index (χ3v) is 4.00. The maximum Gasteiger partial charge on any atom is 0.255 e. The third-order valence-electron chi connectivity index (χ3n) is 4.00. The van der Waals surface area contributed by atoms with Crippen LogP contribution in [0.5, 0.6) is 0 Å². The van der Waals surface area contributed by atoms with Crippen molar-refractivity contribution in [1.29, 1.82) is 0 Å². The molecular formula is C20H28Cl2N4O2. The van der Waals surface area contributed by atoms with E-state index in [0.29, 0.717) is 30.8 Å². The lowest BCUT2D eigenvalue weighted by Crippen LogP contribution is -2.22. The van der Waals surface area contributed by atoms with Crippen LogP contribution in [0.25, 0.3) is 0 Å². The summed E-state index contributed by atoms with van der Waals surface area (Å²) in [6.07, 6.45) is 7.80. The smallest absolute Gasteiger partial charge is 0.255 e. The minimum atomic E-state index is -0.177. The van der Waals surface area contributed by atoms with Crippen LogP contribution in [0, 0.1) is 0 Å². The number of anilines is 1. The molecule has 0 atom stereocenters. The molecule has 1 aromatic heterocycles. The predicted octanol–water partition coefficient (Wildman–Crippen LogP) is 3.70. The van der Waals surface area contributed by atoms with Crippen LogP contribution in [0.2, 0.25) is 0 Å². The second kappa shape index (κ2) is 14.9. The molecule has 154 valence electrons. The van der Waals surface area contributed by atoms with Crippen molar-refractivity contribution in [2.24, 2.45) is 5.73 Å². The summed E-state index contributed by atoms with van der Waals surface area (Å²) in [4.78, 5) is 27.9. The summed E-state index contributed by atoms with van der Waals surface area (Å²) in [5.41, 5.74) is 7.67. The number of amides is 2. The van der Waals surface area contributed by atoms with Gasteiger partial charge in [0.25, 0.3) is 5.91 Å². The highest BCUT2D eigenvalue weighted by Crippen LogP contribution is 2.09. The summed E-state index contributed by atoms with van der Waals surface area (Å²) in [7, 11) is 0. The minimum Gasteiger partial charge on any atom is -0.352 e. The second-order valence-corrected chi connectivity index (χ2v) is 6.12. The Morgan fingerprint density at radius 3 is 2.18 bits per heavy atom. The SMILES string of the molecule is Cl.Cl.NCCCCCCC(=O)NCc1ccc(C(=O)Nc2ccncc2)cc1. The number of nitrogens with one attached hydrogen (secondary N) is 2. The van der Waals surface area contributed by atoms with Crippen molar-refractivity contribution in [3.05, 3.63) is 59.9 Å². The van der Waals surface area contributed by atoms with Crippen molar-refractivity contribution in [2.45, 2.75) is 38.6 Å². The number of halogens is 2. The molecule has 6 nitrogen and oxygen atoms in total. The number of hydrogen-bond acceptors (Lipinski definition) is 4. The summed E-state index contributed by atoms with van der Waals surface area (Å²) >= 11 is 0. The number of carbonyl (C=O) groups is 2. The number of rotatable bonds is 10. The molecule has 0 saturated carbocycles. The summed E-state index contributed by atoms with van der Waals surface area (Å²) in [5.74, 6) is -0.124. The standard InChI is InChI=1S/C20H26N4O2.2ClH/c21-12-4-2-1-3-5-19(25)23-15-16-6-8-17(9-7-16)20(26)24-18-10-13-22-14-11-18;;/h6-11,13-14H,1-5,12,15,21H2,(H,23,25)(H,22,24,26);2*1H. The van der Waals surface area contributed by atoms with E-state index in [9.17, 15) is 9.59 Å². The van der Waals surface area contributed by atoms with Gasteiger partial charge in [-0.05, 0) is 49.2 Å². The van der Waals surface area contributed by atoms with E-state index in [4.69, 9.17) is 5.73 Å². The first-order valence-electron chi connectivity index (χ1n) is 8.96. The molecule has 0 bridgehead atoms. The molecule has 0 radical (unpaired) electrons. The quantitative estimate of drug-likeness (QED) is 0.504. The number of hydrogen-bond donors (Lipinski definition) is 3. The van der Waals surface area contributed by atoms with Gasteiger partial charge in [-0.3, -0.25) is 14.6 Å². The second-order valence-electron chi connectivity index (χ2n) is 6.12. The van der Waals surface area contributed by atoms with Gasteiger partial charge in [0, 0.05) is 36.6 Å². The Hall–Kier alpha value is -2.15. The van der Waals surface area contributed by atoms with Gasteiger partial charge in [-0.15, -0.1) is 24.8 Å². The lowest BCUT2D eigenvalue weighted by Gasteiger charge is -2.07. The molecule has 28 heavy (non-hydrogen) atoms. The van der Waals surface area contributed by atoms with Crippen LogP contribution in [0.1, 0.15) is 48.0 Å². The van der Waals surface area contributed by atoms with Gasteiger partial charge in [-0.2, -0.15) is 0 Å². The van der Waals surface area contributed by atoms with Gasteiger partial charge in [0.1, 0.15) is 0 Å². The van der Waals surface area contributed by atoms with Gasteiger partial charge in [-0.25, -0.2) is 0 Å². The topological polar surface area (TPSA) is 97.1 Å². The molecule has 2 aromatic rings. The predicted molar refractivity (Wildman–Crippen MR) is 117 cm³/mol. The number of nitrogens with zero attached hydrogens (tertiary/aromatic N) is 1. The Bertz CT molecular complexity index is 697. The highest BCUT2D eigenvalue weighted by molar-refractivity contribution is 6.04. The van der Waals surface area contributed by atoms with E-state index in [1.807, 2.05) is 12.1 Å². The molecule has 0 aliphatic carbocycles. The fourth-order valence-corrected chi connectivity index (χ4v) is 2.48. The van der Waals surface area contributed by atoms with Crippen molar-refractivity contribution in [3.8, 4) is 0 Å². The molecule has 4 N–H and O–H groups in total. The molecule has 0 fully saturated rings. The Morgan fingerprint density at radius 1 is 0.893 bits per heavy atom. The number of aromatic nitrogens is 1. The number of carbonyl (C=O) groups excluding carboxylic acids is 2. The zero-order valence-electron chi connectivity index (χ0n) is 15.7. The summed E-state index contributed by atoms with van der Waals surface area (Å²) < 4.78 is 0. The van der Waals surface area contributed by atoms with Gasteiger partial charge >= 0.3 is 0 Å². The fraction of sp³-hybridized carbons (Fsp3) is 0.350. The van der Waals surface area contributed by atoms with Crippen LogP contribution < -0.4 is 16.4 Å². The molecule has 0 aliphatic rings. The Balaban J connectivity index is 0.00000364. The Labute approximate surface area is 178 Å². The van der Waals surface area contributed by atoms with Crippen LogP contribution in [0.4, 0.5) is 5.69 Å². The monoisotopic (exact) mass is 426 g/mol. The van der Waals surface area contributed by atoms with E-state index in [0.717, 1.165) is 31.2 Å². The molecule has 2 amide bonds. The van der Waals surface area contributed by atoms with E-state index in [1.165, 1.54) is 0 Å². The van der Waals surface area contributed by atoms with Crippen LogP contribution in [0.15, 0.2) is 48.8 Å². The molecule has 8 heteroatoms. The van der Waals surface area contributed by atoms with E-state index >= 15 is 0 Å². The van der Waals surface area contributed by atoms with Gasteiger partial charge < -0.3 is 16.4 Å². The van der Waals surface area contributed by atoms with Crippen molar-refractivity contribution < 1.29 is 9.59 Å². The number of nitrogens with two attached hydrogens (primary N) is 1. The van der Waals surface area contributed by atoms with E-state index < -0.39 is 0 Å². The van der Waals surface area contributed by atoms with E-state index in [1.54, 1.807) is 36.7 Å². The highest BCUT2D eigenvalue weighted by Gasteiger charge is 2.06. The summed E-state index contributed by atoms with van der Waals surface area (Å²) in [5, 5.41) is 5.72.